The summed E-state index contributed by atoms with van der Waals surface area (Å²) >= 11 is 0. The molecule has 1 aromatic carbocycles. The van der Waals surface area contributed by atoms with Crippen LogP contribution in [0, 0.1) is 18.2 Å². The molecule has 1 aromatic rings. The molecule has 0 spiro atoms. The molecule has 0 aliphatic heterocycles. The zero-order valence-corrected chi connectivity index (χ0v) is 13.4. The van der Waals surface area contributed by atoms with Crippen LogP contribution in [-0.2, 0) is 11.2 Å². The van der Waals surface area contributed by atoms with Crippen molar-refractivity contribution in [2.45, 2.75) is 45.4 Å². The summed E-state index contributed by atoms with van der Waals surface area (Å²) in [6.07, 6.45) is 7.38. The van der Waals surface area contributed by atoms with Gasteiger partial charge in [0.2, 0.25) is 0 Å². The van der Waals surface area contributed by atoms with Crippen LogP contribution in [0.5, 0.6) is 0 Å². The molecule has 2 nitrogen and oxygen atoms in total. The summed E-state index contributed by atoms with van der Waals surface area (Å²) in [4.78, 5) is 0. The van der Waals surface area contributed by atoms with Gasteiger partial charge in [-0.15, -0.1) is 0 Å². The van der Waals surface area contributed by atoms with E-state index in [1.165, 1.54) is 43.2 Å². The van der Waals surface area contributed by atoms with Crippen molar-refractivity contribution in [2.24, 2.45) is 5.41 Å². The topological polar surface area (TPSA) is 21.3 Å². The zero-order chi connectivity index (χ0) is 15.1. The number of halogens is 1. The van der Waals surface area contributed by atoms with Gasteiger partial charge in [-0.05, 0) is 54.9 Å². The summed E-state index contributed by atoms with van der Waals surface area (Å²) < 4.78 is 18.7. The first-order valence-electron chi connectivity index (χ1n) is 8.10. The van der Waals surface area contributed by atoms with Gasteiger partial charge in [0.1, 0.15) is 5.82 Å². The van der Waals surface area contributed by atoms with E-state index < -0.39 is 0 Å². The van der Waals surface area contributed by atoms with Gasteiger partial charge in [-0.1, -0.05) is 25.3 Å². The zero-order valence-electron chi connectivity index (χ0n) is 13.4. The summed E-state index contributed by atoms with van der Waals surface area (Å²) in [6, 6.07) is 5.18. The molecule has 0 aromatic heterocycles. The first kappa shape index (κ1) is 16.4. The third-order valence-corrected chi connectivity index (χ3v) is 4.77. The fourth-order valence-electron chi connectivity index (χ4n) is 3.48. The molecule has 1 aliphatic rings. The van der Waals surface area contributed by atoms with Crippen LogP contribution in [0.15, 0.2) is 18.2 Å². The molecule has 0 bridgehead atoms. The summed E-state index contributed by atoms with van der Waals surface area (Å²) in [5.41, 5.74) is 2.66. The van der Waals surface area contributed by atoms with Crippen molar-refractivity contribution in [2.75, 3.05) is 26.8 Å². The molecule has 0 saturated heterocycles. The summed E-state index contributed by atoms with van der Waals surface area (Å²) in [5, 5.41) is 3.53. The van der Waals surface area contributed by atoms with Crippen molar-refractivity contribution < 1.29 is 9.13 Å². The number of hydrogen-bond donors (Lipinski definition) is 1. The van der Waals surface area contributed by atoms with Gasteiger partial charge < -0.3 is 10.1 Å². The van der Waals surface area contributed by atoms with E-state index >= 15 is 0 Å². The second kappa shape index (κ2) is 7.90. The monoisotopic (exact) mass is 293 g/mol. The van der Waals surface area contributed by atoms with E-state index in [1.54, 1.807) is 19.2 Å². The Labute approximate surface area is 128 Å². The van der Waals surface area contributed by atoms with Gasteiger partial charge in [0.05, 0.1) is 6.61 Å². The van der Waals surface area contributed by atoms with Crippen LogP contribution >= 0.6 is 0 Å². The minimum Gasteiger partial charge on any atom is -0.383 e. The molecule has 0 heterocycles. The fourth-order valence-corrected chi connectivity index (χ4v) is 3.48. The van der Waals surface area contributed by atoms with Gasteiger partial charge in [0, 0.05) is 20.2 Å². The average molecular weight is 293 g/mol. The number of methoxy groups -OCH3 is 1. The molecule has 0 amide bonds. The largest absolute Gasteiger partial charge is 0.383 e. The molecule has 3 heteroatoms. The van der Waals surface area contributed by atoms with E-state index in [2.05, 4.69) is 12.2 Å². The number of benzene rings is 1. The molecule has 1 N–H and O–H groups in total. The molecule has 1 aliphatic carbocycles. The highest BCUT2D eigenvalue weighted by molar-refractivity contribution is 5.28. The maximum absolute atomic E-state index is 13.5. The second-order valence-electron chi connectivity index (χ2n) is 6.48. The maximum atomic E-state index is 13.5. The molecule has 0 atom stereocenters. The van der Waals surface area contributed by atoms with Crippen LogP contribution in [0.1, 0.15) is 43.2 Å². The lowest BCUT2D eigenvalue weighted by Crippen LogP contribution is -2.39. The number of ether oxygens (including phenoxy) is 1. The van der Waals surface area contributed by atoms with Crippen molar-refractivity contribution in [1.82, 2.24) is 5.32 Å². The summed E-state index contributed by atoms with van der Waals surface area (Å²) in [7, 11) is 1.73. The van der Waals surface area contributed by atoms with Crippen molar-refractivity contribution in [3.63, 3.8) is 0 Å². The standard InChI is InChI=1S/C18H28FNO/c1-15-6-7-17(19)12-16(15)13-18(8-4-3-5-9-18)14-20-10-11-21-2/h6-7,12,20H,3-5,8-11,13-14H2,1-2H3. The van der Waals surface area contributed by atoms with Crippen molar-refractivity contribution in [3.8, 4) is 0 Å². The highest BCUT2D eigenvalue weighted by Gasteiger charge is 2.32. The Morgan fingerprint density at radius 1 is 1.24 bits per heavy atom. The van der Waals surface area contributed by atoms with Crippen LogP contribution in [0.2, 0.25) is 0 Å². The Morgan fingerprint density at radius 2 is 2.00 bits per heavy atom. The summed E-state index contributed by atoms with van der Waals surface area (Å²) in [5.74, 6) is -0.117. The van der Waals surface area contributed by atoms with Crippen LogP contribution in [0.3, 0.4) is 0 Å². The Morgan fingerprint density at radius 3 is 2.71 bits per heavy atom. The van der Waals surface area contributed by atoms with Crippen LogP contribution < -0.4 is 5.32 Å². The summed E-state index contributed by atoms with van der Waals surface area (Å²) in [6.45, 7) is 4.73. The van der Waals surface area contributed by atoms with Gasteiger partial charge in [0.25, 0.3) is 0 Å². The van der Waals surface area contributed by atoms with Gasteiger partial charge in [-0.25, -0.2) is 4.39 Å². The molecule has 118 valence electrons. The second-order valence-corrected chi connectivity index (χ2v) is 6.48. The van der Waals surface area contributed by atoms with Crippen molar-refractivity contribution in [1.29, 1.82) is 0 Å². The highest BCUT2D eigenvalue weighted by atomic mass is 19.1. The number of aryl methyl sites for hydroxylation is 1. The van der Waals surface area contributed by atoms with Gasteiger partial charge in [-0.2, -0.15) is 0 Å². The van der Waals surface area contributed by atoms with Crippen LogP contribution in [0.25, 0.3) is 0 Å². The lowest BCUT2D eigenvalue weighted by Gasteiger charge is -2.38. The van der Waals surface area contributed by atoms with Gasteiger partial charge >= 0.3 is 0 Å². The highest BCUT2D eigenvalue weighted by Crippen LogP contribution is 2.39. The van der Waals surface area contributed by atoms with Gasteiger partial charge in [-0.3, -0.25) is 0 Å². The Bertz CT molecular complexity index is 441. The number of nitrogens with one attached hydrogen (secondary N) is 1. The molecule has 0 radical (unpaired) electrons. The molecule has 2 rings (SSSR count). The molecular weight excluding hydrogens is 265 g/mol. The predicted molar refractivity (Wildman–Crippen MR) is 85.1 cm³/mol. The third kappa shape index (κ3) is 4.79. The van der Waals surface area contributed by atoms with Crippen LogP contribution in [0.4, 0.5) is 4.39 Å². The average Bonchev–Trinajstić information content (AvgIpc) is 2.49. The lowest BCUT2D eigenvalue weighted by molar-refractivity contribution is 0.162. The first-order chi connectivity index (χ1) is 10.2. The maximum Gasteiger partial charge on any atom is 0.123 e. The number of rotatable bonds is 7. The first-order valence-corrected chi connectivity index (χ1v) is 8.10. The van der Waals surface area contributed by atoms with E-state index in [1.807, 2.05) is 6.07 Å². The van der Waals surface area contributed by atoms with Gasteiger partial charge in [0.15, 0.2) is 0 Å². The number of hydrogen-bond acceptors (Lipinski definition) is 2. The predicted octanol–water partition coefficient (Wildman–Crippen LogP) is 3.86. The quantitative estimate of drug-likeness (QED) is 0.771. The minimum atomic E-state index is -0.117. The Hall–Kier alpha value is -0.930. The SMILES string of the molecule is COCCNCC1(Cc2cc(F)ccc2C)CCCCC1. The minimum absolute atomic E-state index is 0.117. The van der Waals surface area contributed by atoms with E-state index in [9.17, 15) is 4.39 Å². The van der Waals surface area contributed by atoms with E-state index in [0.717, 1.165) is 26.1 Å². The van der Waals surface area contributed by atoms with E-state index in [4.69, 9.17) is 4.74 Å². The molecule has 21 heavy (non-hydrogen) atoms. The normalized spacial score (nSPS) is 17.9. The van der Waals surface area contributed by atoms with Crippen molar-refractivity contribution in [3.05, 3.63) is 35.1 Å². The Kier molecular flexibility index (Phi) is 6.19. The molecule has 1 saturated carbocycles. The molecular formula is C18H28FNO. The smallest absolute Gasteiger partial charge is 0.123 e. The Balaban J connectivity index is 2.06. The fraction of sp³-hybridized carbons (Fsp3) is 0.667. The van der Waals surface area contributed by atoms with Crippen LogP contribution in [-0.4, -0.2) is 26.8 Å². The van der Waals surface area contributed by atoms with E-state index in [0.29, 0.717) is 0 Å². The molecule has 1 fully saturated rings. The molecule has 0 unspecified atom stereocenters. The van der Waals surface area contributed by atoms with Crippen molar-refractivity contribution >= 4 is 0 Å². The van der Waals surface area contributed by atoms with E-state index in [-0.39, 0.29) is 11.2 Å². The lowest BCUT2D eigenvalue weighted by atomic mass is 9.70. The third-order valence-electron chi connectivity index (χ3n) is 4.77.